The Balaban J connectivity index is -0.000000138. The highest BCUT2D eigenvalue weighted by Gasteiger charge is 2.05. The van der Waals surface area contributed by atoms with Gasteiger partial charge in [-0.15, -0.1) is 0 Å². The van der Waals surface area contributed by atoms with Crippen LogP contribution >= 0.6 is 0 Å². The zero-order valence-electron chi connectivity index (χ0n) is 8.22. The van der Waals surface area contributed by atoms with Crippen molar-refractivity contribution in [1.29, 1.82) is 0 Å². The molecule has 0 bridgehead atoms. The highest BCUT2D eigenvalue weighted by molar-refractivity contribution is 5.72. The lowest BCUT2D eigenvalue weighted by molar-refractivity contribution is -0.138. The molecule has 0 heterocycles. The highest BCUT2D eigenvalue weighted by atomic mass is 16.4. The maximum Gasteiger partial charge on any atom is 0.320 e. The van der Waals surface area contributed by atoms with Crippen molar-refractivity contribution in [3.05, 3.63) is 0 Å². The summed E-state index contributed by atoms with van der Waals surface area (Å²) in [6, 6.07) is -0.681. The van der Waals surface area contributed by atoms with Crippen molar-refractivity contribution in [3.8, 4) is 0 Å². The smallest absolute Gasteiger partial charge is 0.320 e. The van der Waals surface area contributed by atoms with Gasteiger partial charge >= 0.3 is 5.97 Å². The van der Waals surface area contributed by atoms with Crippen LogP contribution in [0.5, 0.6) is 0 Å². The standard InChI is InChI=1S/C4H9NO2.2C2H6/c1-2-3(5)4(6)7;2*1-2/h3H,2,5H2,1H3,(H,6,7);2*1-2H3/t3-;;/m0../s1. The van der Waals surface area contributed by atoms with E-state index in [1.165, 1.54) is 0 Å². The Kier molecular flexibility index (Phi) is 24.8. The van der Waals surface area contributed by atoms with Crippen LogP contribution in [0.1, 0.15) is 41.0 Å². The van der Waals surface area contributed by atoms with Crippen molar-refractivity contribution >= 4 is 5.97 Å². The van der Waals surface area contributed by atoms with Crippen molar-refractivity contribution in [2.75, 3.05) is 0 Å². The van der Waals surface area contributed by atoms with Crippen LogP contribution in [0.25, 0.3) is 0 Å². The van der Waals surface area contributed by atoms with Gasteiger partial charge in [0.05, 0.1) is 0 Å². The number of carboxylic acid groups (broad SMARTS) is 1. The topological polar surface area (TPSA) is 63.3 Å². The molecule has 0 aromatic rings. The van der Waals surface area contributed by atoms with E-state index in [2.05, 4.69) is 0 Å². The Bertz CT molecular complexity index is 74.5. The average Bonchev–Trinajstić information content (AvgIpc) is 2.10. The lowest BCUT2D eigenvalue weighted by atomic mass is 10.2. The van der Waals surface area contributed by atoms with E-state index in [9.17, 15) is 4.79 Å². The summed E-state index contributed by atoms with van der Waals surface area (Å²) in [6.07, 6.45) is 0.495. The van der Waals surface area contributed by atoms with E-state index in [0.717, 1.165) is 0 Å². The SMILES string of the molecule is CC.CC.CC[C@H](N)C(=O)O. The van der Waals surface area contributed by atoms with Crippen LogP contribution < -0.4 is 5.73 Å². The van der Waals surface area contributed by atoms with Gasteiger partial charge in [-0.3, -0.25) is 4.79 Å². The Labute approximate surface area is 69.6 Å². The summed E-state index contributed by atoms with van der Waals surface area (Å²) in [4.78, 5) is 9.81. The second-order valence-corrected chi connectivity index (χ2v) is 1.35. The first-order valence-electron chi connectivity index (χ1n) is 4.17. The summed E-state index contributed by atoms with van der Waals surface area (Å²) in [7, 11) is 0. The molecule has 0 spiro atoms. The van der Waals surface area contributed by atoms with Gasteiger partial charge in [-0.1, -0.05) is 34.6 Å². The lowest BCUT2D eigenvalue weighted by Crippen LogP contribution is -2.28. The fourth-order valence-electron chi connectivity index (χ4n) is 0.175. The molecule has 0 aliphatic rings. The zero-order chi connectivity index (χ0) is 9.86. The summed E-state index contributed by atoms with van der Waals surface area (Å²) in [5.41, 5.74) is 5.02. The number of nitrogens with two attached hydrogens (primary N) is 1. The molecule has 70 valence electrons. The zero-order valence-corrected chi connectivity index (χ0v) is 8.22. The van der Waals surface area contributed by atoms with Gasteiger partial charge in [0.25, 0.3) is 0 Å². The summed E-state index contributed by atoms with van der Waals surface area (Å²) in [6.45, 7) is 9.73. The van der Waals surface area contributed by atoms with Gasteiger partial charge in [0.1, 0.15) is 6.04 Å². The Morgan fingerprint density at radius 3 is 1.64 bits per heavy atom. The Morgan fingerprint density at radius 2 is 1.64 bits per heavy atom. The van der Waals surface area contributed by atoms with Gasteiger partial charge in [-0.05, 0) is 6.42 Å². The number of carbonyl (C=O) groups is 1. The quantitative estimate of drug-likeness (QED) is 0.653. The van der Waals surface area contributed by atoms with E-state index < -0.39 is 12.0 Å². The van der Waals surface area contributed by atoms with Gasteiger partial charge in [-0.2, -0.15) is 0 Å². The summed E-state index contributed by atoms with van der Waals surface area (Å²) in [5, 5.41) is 8.06. The van der Waals surface area contributed by atoms with E-state index in [1.807, 2.05) is 27.7 Å². The maximum atomic E-state index is 9.81. The minimum atomic E-state index is -0.928. The molecule has 1 atom stereocenters. The van der Waals surface area contributed by atoms with Gasteiger partial charge in [0, 0.05) is 0 Å². The van der Waals surface area contributed by atoms with Gasteiger partial charge in [0.15, 0.2) is 0 Å². The number of hydrogen-bond acceptors (Lipinski definition) is 2. The monoisotopic (exact) mass is 163 g/mol. The largest absolute Gasteiger partial charge is 0.480 e. The first-order valence-corrected chi connectivity index (χ1v) is 4.17. The maximum absolute atomic E-state index is 9.81. The van der Waals surface area contributed by atoms with Crippen molar-refractivity contribution in [1.82, 2.24) is 0 Å². The van der Waals surface area contributed by atoms with E-state index in [-0.39, 0.29) is 0 Å². The summed E-state index contributed by atoms with van der Waals surface area (Å²) >= 11 is 0. The highest BCUT2D eigenvalue weighted by Crippen LogP contribution is 1.82. The Hall–Kier alpha value is -0.570. The van der Waals surface area contributed by atoms with Crippen LogP contribution in [0.15, 0.2) is 0 Å². The molecule has 0 radical (unpaired) electrons. The molecule has 0 saturated carbocycles. The first kappa shape index (κ1) is 16.8. The predicted molar refractivity (Wildman–Crippen MR) is 48.6 cm³/mol. The average molecular weight is 163 g/mol. The molecule has 3 nitrogen and oxygen atoms in total. The fourth-order valence-corrected chi connectivity index (χ4v) is 0.175. The number of aliphatic carboxylic acids is 1. The van der Waals surface area contributed by atoms with Crippen LogP contribution in [0.2, 0.25) is 0 Å². The summed E-state index contributed by atoms with van der Waals surface area (Å²) < 4.78 is 0. The van der Waals surface area contributed by atoms with Crippen LogP contribution in [-0.2, 0) is 4.79 Å². The van der Waals surface area contributed by atoms with Crippen molar-refractivity contribution in [3.63, 3.8) is 0 Å². The molecule has 11 heavy (non-hydrogen) atoms. The molecule has 0 unspecified atom stereocenters. The molecule has 0 aliphatic heterocycles. The fraction of sp³-hybridized carbons (Fsp3) is 0.875. The van der Waals surface area contributed by atoms with Crippen LogP contribution in [0, 0.1) is 0 Å². The molecule has 0 saturated heterocycles. The molecule has 0 aliphatic carbocycles. The molecule has 3 heteroatoms. The molecule has 0 aromatic carbocycles. The molecule has 0 aromatic heterocycles. The molecule has 0 fully saturated rings. The van der Waals surface area contributed by atoms with Crippen LogP contribution in [-0.4, -0.2) is 17.1 Å². The van der Waals surface area contributed by atoms with Gasteiger partial charge in [-0.25, -0.2) is 0 Å². The van der Waals surface area contributed by atoms with E-state index >= 15 is 0 Å². The molecule has 0 amide bonds. The number of carboxylic acids is 1. The molecular weight excluding hydrogens is 142 g/mol. The van der Waals surface area contributed by atoms with Crippen LogP contribution in [0.4, 0.5) is 0 Å². The Morgan fingerprint density at radius 1 is 1.36 bits per heavy atom. The van der Waals surface area contributed by atoms with Crippen molar-refractivity contribution in [2.24, 2.45) is 5.73 Å². The number of rotatable bonds is 2. The third-order valence-electron chi connectivity index (χ3n) is 0.757. The van der Waals surface area contributed by atoms with E-state index in [1.54, 1.807) is 6.92 Å². The summed E-state index contributed by atoms with van der Waals surface area (Å²) in [5.74, 6) is -0.928. The number of hydrogen-bond donors (Lipinski definition) is 2. The predicted octanol–water partition coefficient (Wildman–Crippen LogP) is 1.86. The van der Waals surface area contributed by atoms with Gasteiger partial charge in [0.2, 0.25) is 0 Å². The van der Waals surface area contributed by atoms with Crippen molar-refractivity contribution in [2.45, 2.75) is 47.1 Å². The van der Waals surface area contributed by atoms with Gasteiger partial charge < -0.3 is 10.8 Å². The second kappa shape index (κ2) is 16.2. The van der Waals surface area contributed by atoms with E-state index in [4.69, 9.17) is 10.8 Å². The minimum Gasteiger partial charge on any atom is -0.480 e. The van der Waals surface area contributed by atoms with Crippen molar-refractivity contribution < 1.29 is 9.90 Å². The third-order valence-corrected chi connectivity index (χ3v) is 0.757. The normalized spacial score (nSPS) is 9.64. The molecule has 3 N–H and O–H groups in total. The molecule has 0 rings (SSSR count). The molecular formula is C8H21NO2. The second-order valence-electron chi connectivity index (χ2n) is 1.35. The lowest BCUT2D eigenvalue weighted by Gasteiger charge is -1.97. The van der Waals surface area contributed by atoms with Crippen LogP contribution in [0.3, 0.4) is 0 Å². The van der Waals surface area contributed by atoms with E-state index in [0.29, 0.717) is 6.42 Å². The minimum absolute atomic E-state index is 0.495. The first-order chi connectivity index (χ1) is 5.18. The third kappa shape index (κ3) is 17.7.